The summed E-state index contributed by atoms with van der Waals surface area (Å²) in [5.74, 6) is 0. The number of rotatable bonds is 7. The van der Waals surface area contributed by atoms with Crippen LogP contribution in [0, 0.1) is 0 Å². The van der Waals surface area contributed by atoms with Crippen LogP contribution in [0.4, 0.5) is 30.7 Å². The summed E-state index contributed by atoms with van der Waals surface area (Å²) in [5.41, 5.74) is -1.02. The molecule has 0 heterocycles. The van der Waals surface area contributed by atoms with Gasteiger partial charge in [0, 0.05) is 18.4 Å². The molecular formula is C13H15F7O3Si. The summed E-state index contributed by atoms with van der Waals surface area (Å²) >= 11 is 0. The Bertz CT molecular complexity index is 510. The van der Waals surface area contributed by atoms with Crippen LogP contribution in [0.1, 0.15) is 19.4 Å². The van der Waals surface area contributed by atoms with Crippen molar-refractivity contribution in [2.24, 2.45) is 0 Å². The van der Waals surface area contributed by atoms with Gasteiger partial charge in [0.15, 0.2) is 0 Å². The standard InChI is InChI=1S/C13H15F7O3Si/c1-3-21-24(22-4-2,23-11(14)13(18,19)20)10-7-5-9(6-8-10)12(15,16)17/h5-8,11H,3-4H2,1-2H3. The summed E-state index contributed by atoms with van der Waals surface area (Å²) in [5, 5.41) is -0.203. The van der Waals surface area contributed by atoms with Crippen LogP contribution in [0.15, 0.2) is 24.3 Å². The SMILES string of the molecule is CCO[Si](OCC)(OC(F)C(F)(F)F)c1ccc(C(F)(F)F)cc1. The van der Waals surface area contributed by atoms with E-state index >= 15 is 0 Å². The van der Waals surface area contributed by atoms with Gasteiger partial charge in [-0.3, -0.25) is 0 Å². The lowest BCUT2D eigenvalue weighted by Gasteiger charge is -2.31. The van der Waals surface area contributed by atoms with E-state index in [4.69, 9.17) is 8.85 Å². The van der Waals surface area contributed by atoms with E-state index in [1.165, 1.54) is 13.8 Å². The van der Waals surface area contributed by atoms with Gasteiger partial charge in [-0.15, -0.1) is 0 Å². The van der Waals surface area contributed by atoms with E-state index in [9.17, 15) is 30.7 Å². The molecule has 1 unspecified atom stereocenters. The molecule has 0 saturated carbocycles. The third-order valence-electron chi connectivity index (χ3n) is 2.75. The maximum absolute atomic E-state index is 13.4. The van der Waals surface area contributed by atoms with Gasteiger partial charge in [0.25, 0.3) is 6.36 Å². The minimum Gasteiger partial charge on any atom is -0.370 e. The lowest BCUT2D eigenvalue weighted by Crippen LogP contribution is -2.59. The monoisotopic (exact) mass is 380 g/mol. The fraction of sp³-hybridized carbons (Fsp3) is 0.538. The van der Waals surface area contributed by atoms with Crippen LogP contribution in [0.2, 0.25) is 0 Å². The number of benzene rings is 1. The first-order valence-electron chi connectivity index (χ1n) is 6.80. The van der Waals surface area contributed by atoms with Crippen LogP contribution in [0.25, 0.3) is 0 Å². The molecule has 24 heavy (non-hydrogen) atoms. The van der Waals surface area contributed by atoms with Crippen LogP contribution in [0.3, 0.4) is 0 Å². The lowest BCUT2D eigenvalue weighted by atomic mass is 10.2. The number of alkyl halides is 7. The zero-order valence-electron chi connectivity index (χ0n) is 12.7. The Morgan fingerprint density at radius 3 is 1.71 bits per heavy atom. The van der Waals surface area contributed by atoms with Crippen LogP contribution < -0.4 is 5.19 Å². The van der Waals surface area contributed by atoms with Gasteiger partial charge in [0.2, 0.25) is 0 Å². The summed E-state index contributed by atoms with van der Waals surface area (Å²) in [4.78, 5) is 0. The first-order chi connectivity index (χ1) is 11.0. The second-order valence-electron chi connectivity index (χ2n) is 4.47. The summed E-state index contributed by atoms with van der Waals surface area (Å²) in [7, 11) is -4.39. The normalized spacial score (nSPS) is 14.7. The second kappa shape index (κ2) is 7.81. The quantitative estimate of drug-likeness (QED) is 0.532. The van der Waals surface area contributed by atoms with Gasteiger partial charge in [0.05, 0.1) is 5.56 Å². The maximum Gasteiger partial charge on any atom is 0.539 e. The van der Waals surface area contributed by atoms with Gasteiger partial charge in [-0.2, -0.15) is 26.3 Å². The minimum atomic E-state index is -5.32. The van der Waals surface area contributed by atoms with Crippen LogP contribution >= 0.6 is 0 Å². The van der Waals surface area contributed by atoms with E-state index < -0.39 is 33.1 Å². The van der Waals surface area contributed by atoms with Gasteiger partial charge in [-0.25, -0.2) is 4.39 Å². The molecule has 3 nitrogen and oxygen atoms in total. The molecule has 1 aromatic rings. The smallest absolute Gasteiger partial charge is 0.370 e. The van der Waals surface area contributed by atoms with Crippen molar-refractivity contribution in [1.29, 1.82) is 0 Å². The predicted octanol–water partition coefficient (Wildman–Crippen LogP) is 3.80. The molecule has 138 valence electrons. The number of hydrogen-bond donors (Lipinski definition) is 0. The van der Waals surface area contributed by atoms with Crippen LogP contribution in [-0.4, -0.2) is 34.6 Å². The van der Waals surface area contributed by atoms with Gasteiger partial charge in [-0.1, -0.05) is 12.1 Å². The Labute approximate surface area is 134 Å². The van der Waals surface area contributed by atoms with E-state index in [2.05, 4.69) is 4.43 Å². The highest BCUT2D eigenvalue weighted by Gasteiger charge is 2.53. The third kappa shape index (κ3) is 5.16. The molecule has 0 saturated heterocycles. The van der Waals surface area contributed by atoms with E-state index in [1.807, 2.05) is 0 Å². The second-order valence-corrected chi connectivity index (χ2v) is 6.98. The van der Waals surface area contributed by atoms with Crippen molar-refractivity contribution < 1.29 is 44.0 Å². The fourth-order valence-electron chi connectivity index (χ4n) is 1.79. The Hall–Kier alpha value is -1.17. The zero-order valence-corrected chi connectivity index (χ0v) is 13.7. The molecule has 0 fully saturated rings. The maximum atomic E-state index is 13.4. The van der Waals surface area contributed by atoms with E-state index in [1.54, 1.807) is 0 Å². The van der Waals surface area contributed by atoms with Gasteiger partial charge < -0.3 is 13.3 Å². The molecule has 0 spiro atoms. The van der Waals surface area contributed by atoms with Crippen molar-refractivity contribution in [3.05, 3.63) is 29.8 Å². The van der Waals surface area contributed by atoms with Gasteiger partial charge in [0.1, 0.15) is 0 Å². The van der Waals surface area contributed by atoms with Crippen LogP contribution in [0.5, 0.6) is 0 Å². The molecule has 0 bridgehead atoms. The molecule has 0 aliphatic rings. The van der Waals surface area contributed by atoms with Crippen molar-refractivity contribution in [2.45, 2.75) is 32.6 Å². The minimum absolute atomic E-state index is 0.183. The molecule has 11 heteroatoms. The molecule has 0 N–H and O–H groups in total. The highest BCUT2D eigenvalue weighted by molar-refractivity contribution is 6.75. The van der Waals surface area contributed by atoms with Gasteiger partial charge >= 0.3 is 21.2 Å². The van der Waals surface area contributed by atoms with Gasteiger partial charge in [-0.05, 0) is 26.0 Å². The molecule has 0 aliphatic heterocycles. The highest BCUT2D eigenvalue weighted by atomic mass is 28.4. The van der Waals surface area contributed by atoms with Crippen molar-refractivity contribution in [3.63, 3.8) is 0 Å². The molecule has 0 amide bonds. The zero-order chi connectivity index (χ0) is 18.6. The van der Waals surface area contributed by atoms with Crippen LogP contribution in [-0.2, 0) is 19.5 Å². The summed E-state index contributed by atoms with van der Waals surface area (Å²) in [6, 6.07) is 3.01. The third-order valence-corrected chi connectivity index (χ3v) is 5.65. The van der Waals surface area contributed by atoms with E-state index in [0.717, 1.165) is 12.1 Å². The largest absolute Gasteiger partial charge is 0.539 e. The molecule has 1 atom stereocenters. The average Bonchev–Trinajstić information content (AvgIpc) is 2.46. The summed E-state index contributed by atoms with van der Waals surface area (Å²) < 4.78 is 103. The van der Waals surface area contributed by atoms with Crippen molar-refractivity contribution in [3.8, 4) is 0 Å². The highest BCUT2D eigenvalue weighted by Crippen LogP contribution is 2.30. The Balaban J connectivity index is 3.25. The first-order valence-corrected chi connectivity index (χ1v) is 8.53. The predicted molar refractivity (Wildman–Crippen MR) is 72.1 cm³/mol. The Kier molecular flexibility index (Phi) is 6.79. The number of halogens is 7. The van der Waals surface area contributed by atoms with Crippen molar-refractivity contribution in [1.82, 2.24) is 0 Å². The molecule has 1 aromatic carbocycles. The number of hydrogen-bond acceptors (Lipinski definition) is 3. The molecule has 1 rings (SSSR count). The first kappa shape index (κ1) is 20.9. The summed E-state index contributed by atoms with van der Waals surface area (Å²) in [6.07, 6.45) is -13.6. The topological polar surface area (TPSA) is 27.7 Å². The summed E-state index contributed by atoms with van der Waals surface area (Å²) in [6.45, 7) is 2.46. The molecule has 0 aliphatic carbocycles. The molecule has 0 aromatic heterocycles. The van der Waals surface area contributed by atoms with Crippen molar-refractivity contribution in [2.75, 3.05) is 13.2 Å². The average molecular weight is 380 g/mol. The lowest BCUT2D eigenvalue weighted by molar-refractivity contribution is -0.248. The van der Waals surface area contributed by atoms with Crippen molar-refractivity contribution >= 4 is 14.0 Å². The Morgan fingerprint density at radius 1 is 0.917 bits per heavy atom. The molecule has 0 radical (unpaired) electrons. The van der Waals surface area contributed by atoms with E-state index in [0.29, 0.717) is 12.1 Å². The molecular weight excluding hydrogens is 365 g/mol. The van der Waals surface area contributed by atoms with E-state index in [-0.39, 0.29) is 18.4 Å². The Morgan fingerprint density at radius 2 is 1.38 bits per heavy atom. The fourth-order valence-corrected chi connectivity index (χ4v) is 4.22.